The molecule has 1 aromatic heterocycles. The predicted molar refractivity (Wildman–Crippen MR) is 78.4 cm³/mol. The molecule has 0 amide bonds. The molecule has 0 saturated carbocycles. The Morgan fingerprint density at radius 1 is 1.26 bits per heavy atom. The molecule has 0 saturated heterocycles. The third kappa shape index (κ3) is 4.11. The molecular weight excluding hydrogens is 256 g/mol. The number of nitrogens with one attached hydrogen (secondary N) is 1. The van der Waals surface area contributed by atoms with Crippen LogP contribution in [0.3, 0.4) is 0 Å². The van der Waals surface area contributed by atoms with Crippen LogP contribution in [0.15, 0.2) is 51.3 Å². The van der Waals surface area contributed by atoms with Gasteiger partial charge in [0.2, 0.25) is 0 Å². The number of nitrogens with zero attached hydrogens (tertiary/aromatic N) is 1. The second kappa shape index (κ2) is 7.36. The number of hydrogen-bond donors (Lipinski definition) is 1. The molecule has 0 spiro atoms. The molecule has 1 atom stereocenters. The summed E-state index contributed by atoms with van der Waals surface area (Å²) < 4.78 is 5.23. The molecule has 3 nitrogen and oxygen atoms in total. The second-order valence-electron chi connectivity index (χ2n) is 4.38. The van der Waals surface area contributed by atoms with Gasteiger partial charge in [-0.05, 0) is 48.8 Å². The van der Waals surface area contributed by atoms with E-state index >= 15 is 0 Å². The Morgan fingerprint density at radius 3 is 2.63 bits per heavy atom. The fraction of sp³-hybridized carbons (Fsp3) is 0.400. The van der Waals surface area contributed by atoms with Crippen molar-refractivity contribution in [3.05, 3.63) is 42.3 Å². The average molecular weight is 276 g/mol. The summed E-state index contributed by atoms with van der Waals surface area (Å²) in [6.07, 6.45) is 5.53. The summed E-state index contributed by atoms with van der Waals surface area (Å²) in [7, 11) is 0. The van der Waals surface area contributed by atoms with Crippen molar-refractivity contribution < 1.29 is 4.42 Å². The van der Waals surface area contributed by atoms with Crippen LogP contribution in [-0.2, 0) is 0 Å². The first-order chi connectivity index (χ1) is 9.33. The van der Waals surface area contributed by atoms with E-state index in [1.165, 1.54) is 5.56 Å². The highest BCUT2D eigenvalue weighted by molar-refractivity contribution is 7.99. The van der Waals surface area contributed by atoms with Gasteiger partial charge in [-0.3, -0.25) is 0 Å². The maximum Gasteiger partial charge on any atom is 0.260 e. The Morgan fingerprint density at radius 2 is 2.05 bits per heavy atom. The van der Waals surface area contributed by atoms with Crippen LogP contribution in [0.4, 0.5) is 0 Å². The van der Waals surface area contributed by atoms with Crippen LogP contribution in [0.25, 0.3) is 0 Å². The smallest absolute Gasteiger partial charge is 0.260 e. The molecule has 0 aliphatic carbocycles. The van der Waals surface area contributed by atoms with E-state index in [-0.39, 0.29) is 0 Å². The van der Waals surface area contributed by atoms with Crippen LogP contribution in [0.1, 0.15) is 38.3 Å². The second-order valence-corrected chi connectivity index (χ2v) is 5.41. The van der Waals surface area contributed by atoms with Gasteiger partial charge in [-0.25, -0.2) is 4.98 Å². The lowest BCUT2D eigenvalue weighted by Crippen LogP contribution is -2.21. The minimum Gasteiger partial charge on any atom is -0.440 e. The van der Waals surface area contributed by atoms with E-state index in [4.69, 9.17) is 4.42 Å². The lowest BCUT2D eigenvalue weighted by molar-refractivity contribution is 0.454. The van der Waals surface area contributed by atoms with E-state index in [0.717, 1.165) is 24.3 Å². The van der Waals surface area contributed by atoms with Gasteiger partial charge >= 0.3 is 0 Å². The zero-order chi connectivity index (χ0) is 13.5. The molecular formula is C15H20N2OS. The quantitative estimate of drug-likeness (QED) is 0.819. The van der Waals surface area contributed by atoms with Crippen molar-refractivity contribution in [3.8, 4) is 0 Å². The SMILES string of the molecule is CCCNC(CC)c1ccc(Sc2ncco2)cc1. The standard InChI is InChI=1S/C15H20N2OS/c1-3-9-16-14(4-2)12-5-7-13(8-6-12)19-15-17-10-11-18-15/h5-8,10-11,14,16H,3-4,9H2,1-2H3. The lowest BCUT2D eigenvalue weighted by atomic mass is 10.0. The lowest BCUT2D eigenvalue weighted by Gasteiger charge is -2.17. The van der Waals surface area contributed by atoms with Crippen molar-refractivity contribution in [2.75, 3.05) is 6.54 Å². The number of rotatable bonds is 7. The predicted octanol–water partition coefficient (Wildman–Crippen LogP) is 4.28. The molecule has 1 aromatic carbocycles. The summed E-state index contributed by atoms with van der Waals surface area (Å²) >= 11 is 1.54. The fourth-order valence-electron chi connectivity index (χ4n) is 1.95. The van der Waals surface area contributed by atoms with Crippen LogP contribution in [0.5, 0.6) is 0 Å². The highest BCUT2D eigenvalue weighted by Gasteiger charge is 2.08. The first-order valence-corrected chi connectivity index (χ1v) is 7.55. The topological polar surface area (TPSA) is 38.1 Å². The van der Waals surface area contributed by atoms with Crippen molar-refractivity contribution in [2.24, 2.45) is 0 Å². The molecule has 0 aliphatic heterocycles. The molecule has 1 heterocycles. The minimum absolute atomic E-state index is 0.445. The van der Waals surface area contributed by atoms with Crippen molar-refractivity contribution in [1.29, 1.82) is 0 Å². The van der Waals surface area contributed by atoms with E-state index in [0.29, 0.717) is 11.3 Å². The van der Waals surface area contributed by atoms with Gasteiger partial charge in [0.15, 0.2) is 0 Å². The summed E-state index contributed by atoms with van der Waals surface area (Å²) in [6.45, 7) is 5.46. The van der Waals surface area contributed by atoms with Crippen molar-refractivity contribution in [1.82, 2.24) is 10.3 Å². The Balaban J connectivity index is 2.00. The Kier molecular flexibility index (Phi) is 5.48. The molecule has 19 heavy (non-hydrogen) atoms. The van der Waals surface area contributed by atoms with Crippen molar-refractivity contribution in [3.63, 3.8) is 0 Å². The van der Waals surface area contributed by atoms with Crippen LogP contribution < -0.4 is 5.32 Å². The molecule has 0 bridgehead atoms. The molecule has 2 aromatic rings. The third-order valence-corrected chi connectivity index (χ3v) is 3.83. The number of hydrogen-bond acceptors (Lipinski definition) is 4. The highest BCUT2D eigenvalue weighted by Crippen LogP contribution is 2.27. The first-order valence-electron chi connectivity index (χ1n) is 6.74. The van der Waals surface area contributed by atoms with Gasteiger partial charge in [0, 0.05) is 10.9 Å². The summed E-state index contributed by atoms with van der Waals surface area (Å²) in [6, 6.07) is 9.06. The first kappa shape index (κ1) is 14.2. The van der Waals surface area contributed by atoms with E-state index in [2.05, 4.69) is 48.4 Å². The van der Waals surface area contributed by atoms with Gasteiger partial charge in [-0.15, -0.1) is 0 Å². The molecule has 1 N–H and O–H groups in total. The maximum atomic E-state index is 5.23. The number of oxazole rings is 1. The van der Waals surface area contributed by atoms with Crippen LogP contribution >= 0.6 is 11.8 Å². The fourth-order valence-corrected chi connectivity index (χ4v) is 2.64. The van der Waals surface area contributed by atoms with Crippen LogP contribution in [0.2, 0.25) is 0 Å². The number of aromatic nitrogens is 1. The summed E-state index contributed by atoms with van der Waals surface area (Å²) in [5.74, 6) is 0. The summed E-state index contributed by atoms with van der Waals surface area (Å²) in [5.41, 5.74) is 1.34. The van der Waals surface area contributed by atoms with E-state index in [1.54, 1.807) is 24.2 Å². The molecule has 4 heteroatoms. The van der Waals surface area contributed by atoms with Gasteiger partial charge in [0.1, 0.15) is 6.26 Å². The zero-order valence-corrected chi connectivity index (χ0v) is 12.2. The maximum absolute atomic E-state index is 5.23. The van der Waals surface area contributed by atoms with Gasteiger partial charge in [0.25, 0.3) is 5.22 Å². The normalized spacial score (nSPS) is 12.5. The highest BCUT2D eigenvalue weighted by atomic mass is 32.2. The largest absolute Gasteiger partial charge is 0.440 e. The molecule has 0 radical (unpaired) electrons. The zero-order valence-electron chi connectivity index (χ0n) is 11.4. The molecule has 0 aliphatic rings. The van der Waals surface area contributed by atoms with Gasteiger partial charge in [0.05, 0.1) is 6.20 Å². The third-order valence-electron chi connectivity index (χ3n) is 2.95. The van der Waals surface area contributed by atoms with Crippen molar-refractivity contribution >= 4 is 11.8 Å². The van der Waals surface area contributed by atoms with E-state index in [9.17, 15) is 0 Å². The Labute approximate surface area is 118 Å². The van der Waals surface area contributed by atoms with Crippen LogP contribution in [0, 0.1) is 0 Å². The van der Waals surface area contributed by atoms with Gasteiger partial charge in [-0.2, -0.15) is 0 Å². The monoisotopic (exact) mass is 276 g/mol. The number of benzene rings is 1. The van der Waals surface area contributed by atoms with Crippen LogP contribution in [-0.4, -0.2) is 11.5 Å². The Bertz CT molecular complexity index is 467. The summed E-state index contributed by atoms with van der Waals surface area (Å²) in [5, 5.41) is 4.25. The van der Waals surface area contributed by atoms with Gasteiger partial charge < -0.3 is 9.73 Å². The molecule has 1 unspecified atom stereocenters. The molecule has 0 fully saturated rings. The Hall–Kier alpha value is -1.26. The average Bonchev–Trinajstić information content (AvgIpc) is 2.94. The van der Waals surface area contributed by atoms with Gasteiger partial charge in [-0.1, -0.05) is 26.0 Å². The van der Waals surface area contributed by atoms with E-state index in [1.807, 2.05) is 0 Å². The molecule has 2 rings (SSSR count). The summed E-state index contributed by atoms with van der Waals surface area (Å²) in [4.78, 5) is 5.26. The van der Waals surface area contributed by atoms with Crippen molar-refractivity contribution in [2.45, 2.75) is 42.8 Å². The molecule has 102 valence electrons. The van der Waals surface area contributed by atoms with E-state index < -0.39 is 0 Å². The minimum atomic E-state index is 0.445.